The average molecular weight is 536 g/mol. The number of carboxylic acid groups (broad SMARTS) is 1. The smallest absolute Gasteiger partial charge is 0.331 e. The second-order valence-electron chi connectivity index (χ2n) is 11.0. The summed E-state index contributed by atoms with van der Waals surface area (Å²) in [6.45, 7) is 8.03. The molecule has 2 aromatic carbocycles. The SMILES string of the molecule is CC(C)=CCCC(C)=CCC[C@]1(C)Oc2c(c(O)cc3c2CN([C@H](C(=O)O)c2cccc(O)c2)C3=O)C[C@@H]1O. The number of aliphatic hydroxyl groups is 1. The van der Waals surface area contributed by atoms with Gasteiger partial charge in [0.15, 0.2) is 6.04 Å². The van der Waals surface area contributed by atoms with Gasteiger partial charge in [-0.1, -0.05) is 35.4 Å². The first kappa shape index (κ1) is 28.2. The van der Waals surface area contributed by atoms with Crippen LogP contribution in [0.3, 0.4) is 0 Å². The van der Waals surface area contributed by atoms with E-state index in [0.717, 1.165) is 12.8 Å². The van der Waals surface area contributed by atoms with Gasteiger partial charge >= 0.3 is 5.97 Å². The van der Waals surface area contributed by atoms with Crippen LogP contribution in [0.15, 0.2) is 53.6 Å². The topological polar surface area (TPSA) is 128 Å². The number of hydrogen-bond acceptors (Lipinski definition) is 6. The first-order valence-corrected chi connectivity index (χ1v) is 13.3. The van der Waals surface area contributed by atoms with Crippen molar-refractivity contribution in [1.29, 1.82) is 0 Å². The van der Waals surface area contributed by atoms with Crippen LogP contribution in [0.4, 0.5) is 0 Å². The summed E-state index contributed by atoms with van der Waals surface area (Å²) in [6.07, 6.45) is 6.78. The highest BCUT2D eigenvalue weighted by Crippen LogP contribution is 2.47. The zero-order valence-electron chi connectivity index (χ0n) is 22.9. The molecule has 0 saturated carbocycles. The molecule has 2 aromatic rings. The van der Waals surface area contributed by atoms with Crippen molar-refractivity contribution in [1.82, 2.24) is 4.90 Å². The maximum atomic E-state index is 13.4. The first-order valence-electron chi connectivity index (χ1n) is 13.3. The summed E-state index contributed by atoms with van der Waals surface area (Å²) in [6, 6.07) is 5.80. The number of amides is 1. The van der Waals surface area contributed by atoms with Gasteiger partial charge in [0.05, 0.1) is 18.2 Å². The predicted molar refractivity (Wildman–Crippen MR) is 147 cm³/mol. The van der Waals surface area contributed by atoms with Crippen LogP contribution in [0.5, 0.6) is 17.2 Å². The van der Waals surface area contributed by atoms with E-state index in [-0.39, 0.29) is 35.6 Å². The van der Waals surface area contributed by atoms with Gasteiger partial charge in [0, 0.05) is 17.5 Å². The number of fused-ring (bicyclic) bond motifs is 3. The Labute approximate surface area is 228 Å². The lowest BCUT2D eigenvalue weighted by molar-refractivity contribution is -0.142. The molecule has 4 rings (SSSR count). The number of carboxylic acids is 1. The average Bonchev–Trinajstić information content (AvgIpc) is 3.16. The molecule has 0 aromatic heterocycles. The normalized spacial score (nSPS) is 21.2. The van der Waals surface area contributed by atoms with E-state index >= 15 is 0 Å². The molecule has 1 amide bonds. The van der Waals surface area contributed by atoms with E-state index < -0.39 is 29.6 Å². The van der Waals surface area contributed by atoms with E-state index in [1.54, 1.807) is 6.07 Å². The van der Waals surface area contributed by atoms with Crippen LogP contribution in [0, 0.1) is 0 Å². The monoisotopic (exact) mass is 535 g/mol. The van der Waals surface area contributed by atoms with Gasteiger partial charge in [-0.15, -0.1) is 0 Å². The molecule has 3 atom stereocenters. The molecule has 0 unspecified atom stereocenters. The lowest BCUT2D eigenvalue weighted by Crippen LogP contribution is -2.49. The number of carbonyl (C=O) groups is 2. The summed E-state index contributed by atoms with van der Waals surface area (Å²) in [5.41, 5.74) is 2.92. The van der Waals surface area contributed by atoms with Gasteiger partial charge in [-0.2, -0.15) is 0 Å². The number of ether oxygens (including phenoxy) is 1. The Morgan fingerprint density at radius 3 is 2.56 bits per heavy atom. The maximum Gasteiger partial charge on any atom is 0.331 e. The highest BCUT2D eigenvalue weighted by molar-refractivity contribution is 6.02. The van der Waals surface area contributed by atoms with Crippen molar-refractivity contribution < 1.29 is 34.8 Å². The molecule has 4 N–H and O–H groups in total. The number of aliphatic carboxylic acids is 1. The van der Waals surface area contributed by atoms with E-state index in [2.05, 4.69) is 32.9 Å². The molecule has 0 aliphatic carbocycles. The molecular weight excluding hydrogens is 498 g/mol. The summed E-state index contributed by atoms with van der Waals surface area (Å²) in [5, 5.41) is 41.7. The predicted octanol–water partition coefficient (Wildman–Crippen LogP) is 5.41. The number of aromatic hydroxyl groups is 2. The Morgan fingerprint density at radius 1 is 1.15 bits per heavy atom. The van der Waals surface area contributed by atoms with Crippen LogP contribution in [0.2, 0.25) is 0 Å². The molecule has 0 bridgehead atoms. The summed E-state index contributed by atoms with van der Waals surface area (Å²) >= 11 is 0. The lowest BCUT2D eigenvalue weighted by atomic mass is 9.84. The third kappa shape index (κ3) is 5.81. The molecule has 2 aliphatic rings. The zero-order chi connectivity index (χ0) is 28.5. The van der Waals surface area contributed by atoms with Gasteiger partial charge in [0.1, 0.15) is 22.8 Å². The number of rotatable bonds is 9. The van der Waals surface area contributed by atoms with Gasteiger partial charge < -0.3 is 30.1 Å². The Hall–Kier alpha value is -3.78. The minimum absolute atomic E-state index is 0.0427. The standard InChI is InChI=1S/C31H37NO7/c1-18(2)8-5-9-19(3)10-7-13-31(4)26(35)16-23-25(34)15-22-24(28(23)39-31)17-32(29(22)36)27(30(37)38)20-11-6-12-21(33)14-20/h6,8,10-12,14-15,26-27,33-35H,5,7,9,13,16-17H2,1-4H3,(H,37,38)/t26-,27-,31-/m0/s1. The third-order valence-corrected chi connectivity index (χ3v) is 7.68. The molecule has 2 heterocycles. The molecule has 0 saturated heterocycles. The second kappa shape index (κ2) is 11.1. The van der Waals surface area contributed by atoms with Crippen LogP contribution in [0.25, 0.3) is 0 Å². The molecule has 0 spiro atoms. The fraction of sp³-hybridized carbons (Fsp3) is 0.419. The van der Waals surface area contributed by atoms with Gasteiger partial charge in [-0.25, -0.2) is 4.79 Å². The summed E-state index contributed by atoms with van der Waals surface area (Å²) in [7, 11) is 0. The Morgan fingerprint density at radius 2 is 1.90 bits per heavy atom. The molecule has 0 fully saturated rings. The number of phenolic OH excluding ortho intramolecular Hbond substituents is 2. The first-order chi connectivity index (χ1) is 18.4. The van der Waals surface area contributed by atoms with Crippen molar-refractivity contribution in [3.05, 3.63) is 75.9 Å². The Balaban J connectivity index is 1.60. The zero-order valence-corrected chi connectivity index (χ0v) is 22.9. The molecule has 2 aliphatic heterocycles. The van der Waals surface area contributed by atoms with Crippen LogP contribution in [0.1, 0.15) is 86.5 Å². The highest BCUT2D eigenvalue weighted by atomic mass is 16.5. The Kier molecular flexibility index (Phi) is 8.07. The molecule has 0 radical (unpaired) electrons. The van der Waals surface area contributed by atoms with Crippen molar-refractivity contribution in [3.8, 4) is 17.2 Å². The van der Waals surface area contributed by atoms with Gasteiger partial charge in [-0.05, 0) is 77.1 Å². The van der Waals surface area contributed by atoms with E-state index in [4.69, 9.17) is 4.74 Å². The van der Waals surface area contributed by atoms with Gasteiger partial charge in [0.2, 0.25) is 0 Å². The maximum absolute atomic E-state index is 13.4. The fourth-order valence-electron chi connectivity index (χ4n) is 5.38. The van der Waals surface area contributed by atoms with E-state index in [9.17, 15) is 30.0 Å². The van der Waals surface area contributed by atoms with Crippen molar-refractivity contribution in [3.63, 3.8) is 0 Å². The highest BCUT2D eigenvalue weighted by Gasteiger charge is 2.46. The second-order valence-corrected chi connectivity index (χ2v) is 11.0. The molecule has 8 nitrogen and oxygen atoms in total. The van der Waals surface area contributed by atoms with E-state index in [0.29, 0.717) is 29.7 Å². The van der Waals surface area contributed by atoms with Gasteiger partial charge in [-0.3, -0.25) is 4.79 Å². The van der Waals surface area contributed by atoms with E-state index in [1.807, 2.05) is 6.92 Å². The number of nitrogens with zero attached hydrogens (tertiary/aromatic N) is 1. The van der Waals surface area contributed by atoms with Crippen LogP contribution in [-0.4, -0.2) is 48.9 Å². The third-order valence-electron chi connectivity index (χ3n) is 7.68. The quantitative estimate of drug-likeness (QED) is 0.316. The number of aliphatic hydroxyl groups excluding tert-OH is 1. The van der Waals surface area contributed by atoms with Crippen LogP contribution < -0.4 is 4.74 Å². The number of hydrogen-bond donors (Lipinski definition) is 4. The minimum atomic E-state index is -1.34. The number of allylic oxidation sites excluding steroid dienone is 4. The molecule has 8 heteroatoms. The minimum Gasteiger partial charge on any atom is -0.508 e. The largest absolute Gasteiger partial charge is 0.508 e. The van der Waals surface area contributed by atoms with Crippen LogP contribution in [-0.2, 0) is 17.8 Å². The fourth-order valence-corrected chi connectivity index (χ4v) is 5.38. The van der Waals surface area contributed by atoms with E-state index in [1.165, 1.54) is 40.3 Å². The molecular formula is C31H37NO7. The van der Waals surface area contributed by atoms with Crippen molar-refractivity contribution >= 4 is 11.9 Å². The Bertz CT molecular complexity index is 1340. The summed E-state index contributed by atoms with van der Waals surface area (Å²) in [5.74, 6) is -1.73. The van der Waals surface area contributed by atoms with Gasteiger partial charge in [0.25, 0.3) is 5.91 Å². The molecule has 39 heavy (non-hydrogen) atoms. The summed E-state index contributed by atoms with van der Waals surface area (Å²) < 4.78 is 6.40. The van der Waals surface area contributed by atoms with Crippen molar-refractivity contribution in [2.75, 3.05) is 0 Å². The van der Waals surface area contributed by atoms with Crippen molar-refractivity contribution in [2.45, 2.75) is 84.1 Å². The molecule has 208 valence electrons. The lowest BCUT2D eigenvalue weighted by Gasteiger charge is -2.41. The van der Waals surface area contributed by atoms with Crippen LogP contribution >= 0.6 is 0 Å². The number of carbonyl (C=O) groups excluding carboxylic acids is 1. The number of phenols is 2. The summed E-state index contributed by atoms with van der Waals surface area (Å²) in [4.78, 5) is 26.9. The van der Waals surface area contributed by atoms with Crippen molar-refractivity contribution in [2.24, 2.45) is 0 Å². The number of benzene rings is 2.